The Kier molecular flexibility index (Phi) is 5.03. The Morgan fingerprint density at radius 1 is 1.07 bits per heavy atom. The number of carbonyl (C=O) groups excluding carboxylic acids is 3. The molecule has 2 N–H and O–H groups in total. The van der Waals surface area contributed by atoms with Crippen LogP contribution in [0.3, 0.4) is 0 Å². The van der Waals surface area contributed by atoms with Crippen molar-refractivity contribution >= 4 is 17.7 Å². The predicted molar refractivity (Wildman–Crippen MR) is 110 cm³/mol. The molecule has 2 aliphatic rings. The Balaban J connectivity index is 1.58. The number of benzene rings is 2. The topological polar surface area (TPSA) is 83.7 Å². The highest BCUT2D eigenvalue weighted by Crippen LogP contribution is 2.33. The van der Waals surface area contributed by atoms with Gasteiger partial charge in [-0.1, -0.05) is 36.4 Å². The third kappa shape index (κ3) is 3.25. The van der Waals surface area contributed by atoms with E-state index in [9.17, 15) is 14.4 Å². The third-order valence-corrected chi connectivity index (χ3v) is 5.79. The van der Waals surface area contributed by atoms with Crippen LogP contribution < -0.4 is 5.73 Å². The first-order valence-electron chi connectivity index (χ1n) is 9.70. The lowest BCUT2D eigenvalue weighted by atomic mass is 9.89. The largest absolute Gasteiger partial charge is 0.338 e. The number of rotatable bonds is 5. The van der Waals surface area contributed by atoms with Crippen LogP contribution in [-0.2, 0) is 0 Å². The normalized spacial score (nSPS) is 20.9. The predicted octanol–water partition coefficient (Wildman–Crippen LogP) is 2.28. The van der Waals surface area contributed by atoms with Crippen LogP contribution in [0.5, 0.6) is 0 Å². The van der Waals surface area contributed by atoms with E-state index in [1.54, 1.807) is 17.0 Å². The molecule has 0 radical (unpaired) electrons. The van der Waals surface area contributed by atoms with Gasteiger partial charge in [-0.05, 0) is 36.2 Å². The first-order valence-corrected chi connectivity index (χ1v) is 9.70. The fourth-order valence-electron chi connectivity index (χ4n) is 4.26. The average Bonchev–Trinajstić information content (AvgIpc) is 3.29. The molecule has 29 heavy (non-hydrogen) atoms. The highest BCUT2D eigenvalue weighted by molar-refractivity contribution is 6.22. The second-order valence-corrected chi connectivity index (χ2v) is 7.49. The summed E-state index contributed by atoms with van der Waals surface area (Å²) in [4.78, 5) is 41.0. The van der Waals surface area contributed by atoms with Gasteiger partial charge >= 0.3 is 0 Å². The van der Waals surface area contributed by atoms with Crippen LogP contribution >= 0.6 is 0 Å². The molecule has 0 saturated carbocycles. The number of nitrogens with two attached hydrogens (primary N) is 1. The van der Waals surface area contributed by atoms with Crippen LogP contribution in [0.2, 0.25) is 0 Å². The van der Waals surface area contributed by atoms with Crippen molar-refractivity contribution in [3.8, 4) is 0 Å². The zero-order chi connectivity index (χ0) is 20.5. The van der Waals surface area contributed by atoms with Gasteiger partial charge in [0, 0.05) is 31.1 Å². The second-order valence-electron chi connectivity index (χ2n) is 7.49. The van der Waals surface area contributed by atoms with Gasteiger partial charge < -0.3 is 10.6 Å². The number of likely N-dealkylation sites (tertiary alicyclic amines) is 1. The van der Waals surface area contributed by atoms with Crippen molar-refractivity contribution in [1.82, 2.24) is 9.80 Å². The summed E-state index contributed by atoms with van der Waals surface area (Å²) in [7, 11) is 0. The van der Waals surface area contributed by atoms with E-state index < -0.39 is 0 Å². The van der Waals surface area contributed by atoms with E-state index in [2.05, 4.69) is 18.7 Å². The summed E-state index contributed by atoms with van der Waals surface area (Å²) in [6, 6.07) is 14.8. The maximum atomic E-state index is 13.1. The monoisotopic (exact) mass is 389 g/mol. The smallest absolute Gasteiger partial charge is 0.261 e. The summed E-state index contributed by atoms with van der Waals surface area (Å²) in [6.07, 6.45) is 1.51. The summed E-state index contributed by atoms with van der Waals surface area (Å²) in [5.74, 6) is -0.514. The van der Waals surface area contributed by atoms with Crippen molar-refractivity contribution in [3.63, 3.8) is 0 Å². The SMILES string of the molecule is C=CCN1C(=O)c2ccc(C(=O)N3C[C@@H](CN)[C@H](c4ccccc4)C3)cc2C1=O. The molecule has 3 amide bonds. The maximum absolute atomic E-state index is 13.1. The molecule has 0 aliphatic carbocycles. The fraction of sp³-hybridized carbons (Fsp3) is 0.261. The van der Waals surface area contributed by atoms with E-state index in [0.29, 0.717) is 30.8 Å². The molecule has 1 saturated heterocycles. The van der Waals surface area contributed by atoms with E-state index in [4.69, 9.17) is 5.73 Å². The van der Waals surface area contributed by atoms with E-state index in [0.717, 1.165) is 4.90 Å². The van der Waals surface area contributed by atoms with Crippen molar-refractivity contribution in [2.24, 2.45) is 11.7 Å². The van der Waals surface area contributed by atoms with Gasteiger partial charge in [-0.2, -0.15) is 0 Å². The first kappa shape index (κ1) is 19.1. The van der Waals surface area contributed by atoms with Crippen LogP contribution in [0.25, 0.3) is 0 Å². The molecule has 2 aliphatic heterocycles. The Hall–Kier alpha value is -3.25. The molecule has 148 valence electrons. The van der Waals surface area contributed by atoms with Gasteiger partial charge in [0.2, 0.25) is 0 Å². The van der Waals surface area contributed by atoms with Crippen molar-refractivity contribution in [1.29, 1.82) is 0 Å². The lowest BCUT2D eigenvalue weighted by Crippen LogP contribution is -2.30. The molecular formula is C23H23N3O3. The summed E-state index contributed by atoms with van der Waals surface area (Å²) >= 11 is 0. The summed E-state index contributed by atoms with van der Waals surface area (Å²) in [5, 5.41) is 0. The van der Waals surface area contributed by atoms with Gasteiger partial charge in [-0.3, -0.25) is 19.3 Å². The van der Waals surface area contributed by atoms with E-state index in [1.807, 2.05) is 18.2 Å². The highest BCUT2D eigenvalue weighted by Gasteiger charge is 2.38. The van der Waals surface area contributed by atoms with Crippen LogP contribution in [0.4, 0.5) is 0 Å². The minimum Gasteiger partial charge on any atom is -0.338 e. The summed E-state index contributed by atoms with van der Waals surface area (Å²) < 4.78 is 0. The van der Waals surface area contributed by atoms with Crippen molar-refractivity contribution in [3.05, 3.63) is 83.4 Å². The molecule has 0 bridgehead atoms. The molecule has 1 fully saturated rings. The minimum absolute atomic E-state index is 0.146. The Bertz CT molecular complexity index is 986. The molecule has 2 aromatic carbocycles. The molecule has 2 atom stereocenters. The molecule has 4 rings (SSSR count). The van der Waals surface area contributed by atoms with Crippen molar-refractivity contribution in [2.45, 2.75) is 5.92 Å². The molecule has 0 unspecified atom stereocenters. The highest BCUT2D eigenvalue weighted by atomic mass is 16.2. The molecule has 2 aromatic rings. The fourth-order valence-corrected chi connectivity index (χ4v) is 4.26. The van der Waals surface area contributed by atoms with Gasteiger partial charge in [-0.25, -0.2) is 0 Å². The minimum atomic E-state index is -0.386. The molecule has 0 aromatic heterocycles. The number of fused-ring (bicyclic) bond motifs is 1. The number of amides is 3. The lowest BCUT2D eigenvalue weighted by molar-refractivity contribution is 0.0671. The Morgan fingerprint density at radius 2 is 1.79 bits per heavy atom. The summed E-state index contributed by atoms with van der Waals surface area (Å²) in [5.41, 5.74) is 8.17. The molecular weight excluding hydrogens is 366 g/mol. The van der Waals surface area contributed by atoms with Gasteiger partial charge in [-0.15, -0.1) is 6.58 Å². The third-order valence-electron chi connectivity index (χ3n) is 5.79. The molecule has 0 spiro atoms. The van der Waals surface area contributed by atoms with Crippen LogP contribution in [0.15, 0.2) is 61.2 Å². The van der Waals surface area contributed by atoms with Gasteiger partial charge in [0.1, 0.15) is 0 Å². The number of hydrogen-bond acceptors (Lipinski definition) is 4. The average molecular weight is 389 g/mol. The zero-order valence-corrected chi connectivity index (χ0v) is 16.1. The molecule has 6 heteroatoms. The van der Waals surface area contributed by atoms with Crippen LogP contribution in [0, 0.1) is 5.92 Å². The quantitative estimate of drug-likeness (QED) is 0.628. The van der Waals surface area contributed by atoms with Crippen LogP contribution in [-0.4, -0.2) is 53.7 Å². The van der Waals surface area contributed by atoms with Gasteiger partial charge in [0.25, 0.3) is 17.7 Å². The van der Waals surface area contributed by atoms with E-state index in [1.165, 1.54) is 17.7 Å². The standard InChI is InChI=1S/C23H23N3O3/c1-2-10-26-22(28)18-9-8-16(11-19(18)23(26)29)21(27)25-13-17(12-24)20(14-25)15-6-4-3-5-7-15/h2-9,11,17,20H,1,10,12-14,24H2/t17-,20+/m1/s1. The number of nitrogens with zero attached hydrogens (tertiary/aromatic N) is 2. The Morgan fingerprint density at radius 3 is 2.48 bits per heavy atom. The zero-order valence-electron chi connectivity index (χ0n) is 16.1. The van der Waals surface area contributed by atoms with Crippen molar-refractivity contribution in [2.75, 3.05) is 26.2 Å². The first-order chi connectivity index (χ1) is 14.0. The van der Waals surface area contributed by atoms with Crippen LogP contribution in [0.1, 0.15) is 42.6 Å². The van der Waals surface area contributed by atoms with E-state index >= 15 is 0 Å². The Labute approximate surface area is 169 Å². The second kappa shape index (κ2) is 7.64. The number of hydrogen-bond donors (Lipinski definition) is 1. The number of carbonyl (C=O) groups is 3. The lowest BCUT2D eigenvalue weighted by Gasteiger charge is -2.17. The van der Waals surface area contributed by atoms with Gasteiger partial charge in [0.15, 0.2) is 0 Å². The van der Waals surface area contributed by atoms with Gasteiger partial charge in [0.05, 0.1) is 11.1 Å². The number of imide groups is 1. The van der Waals surface area contributed by atoms with Crippen molar-refractivity contribution < 1.29 is 14.4 Å². The molecule has 2 heterocycles. The molecule has 6 nitrogen and oxygen atoms in total. The summed E-state index contributed by atoms with van der Waals surface area (Å²) in [6.45, 7) is 5.38. The maximum Gasteiger partial charge on any atom is 0.261 e. The van der Waals surface area contributed by atoms with E-state index in [-0.39, 0.29) is 41.7 Å².